The zero-order valence-corrected chi connectivity index (χ0v) is 11.7. The van der Waals surface area contributed by atoms with Crippen molar-refractivity contribution in [2.24, 2.45) is 0 Å². The van der Waals surface area contributed by atoms with Crippen molar-refractivity contribution in [1.82, 2.24) is 9.80 Å². The van der Waals surface area contributed by atoms with Crippen molar-refractivity contribution in [2.75, 3.05) is 20.1 Å². The highest BCUT2D eigenvalue weighted by atomic mass is 16.5. The summed E-state index contributed by atoms with van der Waals surface area (Å²) in [6.07, 6.45) is 0. The minimum Gasteiger partial charge on any atom is -0.425 e. The Morgan fingerprint density at radius 1 is 1.19 bits per heavy atom. The first-order chi connectivity index (χ1) is 9.88. The van der Waals surface area contributed by atoms with Gasteiger partial charge in [0.15, 0.2) is 5.78 Å². The van der Waals surface area contributed by atoms with E-state index in [0.29, 0.717) is 5.56 Å². The van der Waals surface area contributed by atoms with Gasteiger partial charge in [0.1, 0.15) is 18.8 Å². The highest BCUT2D eigenvalue weighted by Crippen LogP contribution is 2.14. The molecule has 0 aromatic heterocycles. The van der Waals surface area contributed by atoms with Crippen LogP contribution in [-0.4, -0.2) is 53.6 Å². The van der Waals surface area contributed by atoms with Crippen LogP contribution >= 0.6 is 0 Å². The van der Waals surface area contributed by atoms with E-state index >= 15 is 0 Å². The number of Topliss-reactive ketones (excluding diaryl/α,β-unsaturated/α-hetero) is 1. The van der Waals surface area contributed by atoms with Gasteiger partial charge >= 0.3 is 12.0 Å². The summed E-state index contributed by atoms with van der Waals surface area (Å²) in [7, 11) is 1.48. The molecule has 1 fully saturated rings. The maximum Gasteiger partial charge on any atom is 0.331 e. The van der Waals surface area contributed by atoms with Crippen molar-refractivity contribution >= 4 is 23.7 Å². The average molecular weight is 290 g/mol. The third kappa shape index (κ3) is 3.25. The monoisotopic (exact) mass is 290 g/mol. The van der Waals surface area contributed by atoms with E-state index in [-0.39, 0.29) is 18.1 Å². The molecule has 21 heavy (non-hydrogen) atoms. The summed E-state index contributed by atoms with van der Waals surface area (Å²) in [6, 6.07) is 5.50. The second-order valence-corrected chi connectivity index (χ2v) is 4.67. The van der Waals surface area contributed by atoms with Crippen LogP contribution in [0, 0.1) is 0 Å². The molecule has 1 aliphatic heterocycles. The van der Waals surface area contributed by atoms with Crippen molar-refractivity contribution in [3.8, 4) is 5.75 Å². The van der Waals surface area contributed by atoms with Crippen LogP contribution in [0.3, 0.4) is 0 Å². The lowest BCUT2D eigenvalue weighted by Crippen LogP contribution is -2.37. The van der Waals surface area contributed by atoms with Gasteiger partial charge in [0.2, 0.25) is 0 Å². The second-order valence-electron chi connectivity index (χ2n) is 4.67. The quantitative estimate of drug-likeness (QED) is 0.352. The van der Waals surface area contributed by atoms with Gasteiger partial charge in [0, 0.05) is 12.6 Å². The summed E-state index contributed by atoms with van der Waals surface area (Å²) in [5.41, 5.74) is 0.501. The number of benzene rings is 1. The third-order valence-electron chi connectivity index (χ3n) is 3.01. The molecule has 0 N–H and O–H groups in total. The van der Waals surface area contributed by atoms with Gasteiger partial charge in [-0.3, -0.25) is 14.5 Å². The predicted octanol–water partition coefficient (Wildman–Crippen LogP) is 0.689. The van der Waals surface area contributed by atoms with Crippen molar-refractivity contribution in [3.05, 3.63) is 29.8 Å². The molecule has 3 amide bonds. The number of likely N-dealkylation sites (N-methyl/N-ethyl adjacent to an activating group) is 1. The molecule has 1 saturated heterocycles. The summed E-state index contributed by atoms with van der Waals surface area (Å²) in [4.78, 5) is 48.0. The normalized spacial score (nSPS) is 14.6. The molecule has 1 aliphatic rings. The van der Waals surface area contributed by atoms with Crippen molar-refractivity contribution in [3.63, 3.8) is 0 Å². The topological polar surface area (TPSA) is 84.0 Å². The first kappa shape index (κ1) is 14.7. The summed E-state index contributed by atoms with van der Waals surface area (Å²) < 4.78 is 5.03. The molecule has 1 aromatic carbocycles. The fraction of sp³-hybridized carbons (Fsp3) is 0.286. The molecule has 0 atom stereocenters. The van der Waals surface area contributed by atoms with Crippen LogP contribution in [0.15, 0.2) is 24.3 Å². The SMILES string of the molecule is CC(=O)c1ccc(OC(=O)CN2C(=O)CN(C)C2=O)cc1. The van der Waals surface area contributed by atoms with Gasteiger partial charge in [-0.15, -0.1) is 0 Å². The molecular formula is C14H14N2O5. The van der Waals surface area contributed by atoms with Crippen molar-refractivity contribution < 1.29 is 23.9 Å². The van der Waals surface area contributed by atoms with E-state index in [2.05, 4.69) is 0 Å². The maximum absolute atomic E-state index is 11.7. The van der Waals surface area contributed by atoms with E-state index in [0.717, 1.165) is 4.90 Å². The molecule has 7 nitrogen and oxygen atoms in total. The molecule has 0 aliphatic carbocycles. The first-order valence-corrected chi connectivity index (χ1v) is 6.25. The number of esters is 1. The van der Waals surface area contributed by atoms with Crippen LogP contribution in [0.1, 0.15) is 17.3 Å². The molecule has 0 saturated carbocycles. The molecule has 7 heteroatoms. The van der Waals surface area contributed by atoms with Crippen LogP contribution in [-0.2, 0) is 9.59 Å². The number of amides is 3. The number of nitrogens with zero attached hydrogens (tertiary/aromatic N) is 2. The van der Waals surface area contributed by atoms with Crippen LogP contribution < -0.4 is 4.74 Å². The molecule has 1 aromatic rings. The third-order valence-corrected chi connectivity index (χ3v) is 3.01. The standard InChI is InChI=1S/C14H14N2O5/c1-9(17)10-3-5-11(6-4-10)21-13(19)8-16-12(18)7-15(2)14(16)20/h3-6H,7-8H2,1-2H3. The van der Waals surface area contributed by atoms with Gasteiger partial charge in [0.25, 0.3) is 5.91 Å². The number of carbonyl (C=O) groups excluding carboxylic acids is 4. The highest BCUT2D eigenvalue weighted by Gasteiger charge is 2.35. The number of ether oxygens (including phenoxy) is 1. The van der Waals surface area contributed by atoms with Crippen LogP contribution in [0.4, 0.5) is 4.79 Å². The van der Waals surface area contributed by atoms with E-state index in [9.17, 15) is 19.2 Å². The molecule has 0 bridgehead atoms. The minimum absolute atomic E-state index is 0.0422. The summed E-state index contributed by atoms with van der Waals surface area (Å²) in [5.74, 6) is -1.00. The number of rotatable bonds is 4. The molecular weight excluding hydrogens is 276 g/mol. The van der Waals surface area contributed by atoms with Gasteiger partial charge in [-0.1, -0.05) is 0 Å². The Morgan fingerprint density at radius 2 is 1.81 bits per heavy atom. The van der Waals surface area contributed by atoms with Crippen LogP contribution in [0.25, 0.3) is 0 Å². The molecule has 0 unspecified atom stereocenters. The zero-order valence-electron chi connectivity index (χ0n) is 11.7. The van der Waals surface area contributed by atoms with E-state index in [1.165, 1.54) is 43.1 Å². The zero-order chi connectivity index (χ0) is 15.6. The number of hydrogen-bond acceptors (Lipinski definition) is 5. The first-order valence-electron chi connectivity index (χ1n) is 6.25. The highest BCUT2D eigenvalue weighted by molar-refractivity contribution is 6.04. The minimum atomic E-state index is -0.720. The maximum atomic E-state index is 11.7. The average Bonchev–Trinajstić information content (AvgIpc) is 2.66. The smallest absolute Gasteiger partial charge is 0.331 e. The summed E-state index contributed by atoms with van der Waals surface area (Å²) >= 11 is 0. The largest absolute Gasteiger partial charge is 0.425 e. The number of urea groups is 1. The van der Waals surface area contributed by atoms with Crippen LogP contribution in [0.2, 0.25) is 0 Å². The van der Waals surface area contributed by atoms with Gasteiger partial charge in [-0.25, -0.2) is 9.59 Å². The van der Waals surface area contributed by atoms with E-state index in [1.807, 2.05) is 0 Å². The predicted molar refractivity (Wildman–Crippen MR) is 71.8 cm³/mol. The van der Waals surface area contributed by atoms with Gasteiger partial charge in [-0.05, 0) is 31.2 Å². The fourth-order valence-electron chi connectivity index (χ4n) is 1.87. The van der Waals surface area contributed by atoms with E-state index in [1.54, 1.807) is 0 Å². The van der Waals surface area contributed by atoms with Crippen molar-refractivity contribution in [2.45, 2.75) is 6.92 Å². The Balaban J connectivity index is 1.97. The number of ketones is 1. The van der Waals surface area contributed by atoms with Gasteiger partial charge < -0.3 is 9.64 Å². The number of imide groups is 1. The Morgan fingerprint density at radius 3 is 2.29 bits per heavy atom. The lowest BCUT2D eigenvalue weighted by molar-refractivity contribution is -0.139. The molecule has 0 spiro atoms. The van der Waals surface area contributed by atoms with Gasteiger partial charge in [0.05, 0.1) is 0 Å². The molecule has 110 valence electrons. The molecule has 0 radical (unpaired) electrons. The Hall–Kier alpha value is -2.70. The van der Waals surface area contributed by atoms with Gasteiger partial charge in [-0.2, -0.15) is 0 Å². The Labute approximate surface area is 121 Å². The lowest BCUT2D eigenvalue weighted by Gasteiger charge is -2.13. The number of carbonyl (C=O) groups is 4. The summed E-state index contributed by atoms with van der Waals surface area (Å²) in [6.45, 7) is 0.956. The van der Waals surface area contributed by atoms with Crippen LogP contribution in [0.5, 0.6) is 5.75 Å². The Kier molecular flexibility index (Phi) is 4.02. The molecule has 2 rings (SSSR count). The molecule has 1 heterocycles. The van der Waals surface area contributed by atoms with Crippen molar-refractivity contribution in [1.29, 1.82) is 0 Å². The fourth-order valence-corrected chi connectivity index (χ4v) is 1.87. The van der Waals surface area contributed by atoms with E-state index < -0.39 is 24.5 Å². The second kappa shape index (κ2) is 5.74. The lowest BCUT2D eigenvalue weighted by atomic mass is 10.1. The number of hydrogen-bond donors (Lipinski definition) is 0. The Bertz CT molecular complexity index is 608. The summed E-state index contributed by atoms with van der Waals surface area (Å²) in [5, 5.41) is 0. The van der Waals surface area contributed by atoms with E-state index in [4.69, 9.17) is 4.74 Å².